The normalized spacial score (nSPS) is 12.2. The van der Waals surface area contributed by atoms with E-state index < -0.39 is 11.0 Å². The number of aliphatic hydroxyl groups excluding tert-OH is 2. The SMILES string of the molecule is CC(O)c1cc([N+](=O)[O-])ccc1OCCCCO. The Morgan fingerprint density at radius 1 is 1.44 bits per heavy atom. The van der Waals surface area contributed by atoms with E-state index in [-0.39, 0.29) is 12.3 Å². The highest BCUT2D eigenvalue weighted by atomic mass is 16.6. The number of hydrogen-bond acceptors (Lipinski definition) is 5. The Morgan fingerprint density at radius 3 is 2.72 bits per heavy atom. The van der Waals surface area contributed by atoms with Crippen molar-refractivity contribution in [2.45, 2.75) is 25.9 Å². The van der Waals surface area contributed by atoms with Crippen LogP contribution in [0.2, 0.25) is 0 Å². The molecule has 1 atom stereocenters. The monoisotopic (exact) mass is 255 g/mol. The summed E-state index contributed by atoms with van der Waals surface area (Å²) in [6, 6.07) is 4.14. The molecular formula is C12H17NO5. The minimum atomic E-state index is -0.835. The van der Waals surface area contributed by atoms with E-state index in [4.69, 9.17) is 9.84 Å². The van der Waals surface area contributed by atoms with Gasteiger partial charge in [-0.3, -0.25) is 10.1 Å². The lowest BCUT2D eigenvalue weighted by molar-refractivity contribution is -0.385. The number of ether oxygens (including phenoxy) is 1. The van der Waals surface area contributed by atoms with Crippen LogP contribution < -0.4 is 4.74 Å². The molecule has 1 aromatic carbocycles. The van der Waals surface area contributed by atoms with Gasteiger partial charge in [-0.15, -0.1) is 0 Å². The van der Waals surface area contributed by atoms with Crippen LogP contribution in [0.5, 0.6) is 5.75 Å². The first-order chi connectivity index (χ1) is 8.56. The number of nitro groups is 1. The standard InChI is InChI=1S/C12H17NO5/c1-9(15)11-8-10(13(16)17)4-5-12(11)18-7-3-2-6-14/h4-5,8-9,14-15H,2-3,6-7H2,1H3. The molecule has 2 N–H and O–H groups in total. The second-order valence-electron chi connectivity index (χ2n) is 3.93. The van der Waals surface area contributed by atoms with Crippen molar-refractivity contribution in [2.24, 2.45) is 0 Å². The van der Waals surface area contributed by atoms with Crippen LogP contribution in [-0.2, 0) is 0 Å². The summed E-state index contributed by atoms with van der Waals surface area (Å²) in [6.07, 6.45) is 0.488. The maximum Gasteiger partial charge on any atom is 0.270 e. The summed E-state index contributed by atoms with van der Waals surface area (Å²) in [5.74, 6) is 0.438. The first-order valence-electron chi connectivity index (χ1n) is 5.76. The van der Waals surface area contributed by atoms with Gasteiger partial charge in [-0.2, -0.15) is 0 Å². The van der Waals surface area contributed by atoms with Gasteiger partial charge in [0.25, 0.3) is 5.69 Å². The molecule has 0 amide bonds. The van der Waals surface area contributed by atoms with Gasteiger partial charge in [-0.1, -0.05) is 0 Å². The highest BCUT2D eigenvalue weighted by molar-refractivity contribution is 5.44. The van der Waals surface area contributed by atoms with Crippen LogP contribution in [0.4, 0.5) is 5.69 Å². The van der Waals surface area contributed by atoms with Crippen molar-refractivity contribution >= 4 is 5.69 Å². The van der Waals surface area contributed by atoms with Crippen molar-refractivity contribution in [2.75, 3.05) is 13.2 Å². The molecule has 0 fully saturated rings. The van der Waals surface area contributed by atoms with Gasteiger partial charge in [0.1, 0.15) is 5.75 Å². The van der Waals surface area contributed by atoms with Gasteiger partial charge in [0.2, 0.25) is 0 Å². The van der Waals surface area contributed by atoms with Crippen LogP contribution in [0.25, 0.3) is 0 Å². The number of rotatable bonds is 7. The zero-order chi connectivity index (χ0) is 13.5. The molecule has 0 saturated heterocycles. The molecule has 100 valence electrons. The lowest BCUT2D eigenvalue weighted by Crippen LogP contribution is -2.04. The summed E-state index contributed by atoms with van der Waals surface area (Å²) < 4.78 is 5.44. The van der Waals surface area contributed by atoms with Crippen LogP contribution >= 0.6 is 0 Å². The molecule has 1 unspecified atom stereocenters. The van der Waals surface area contributed by atoms with Crippen LogP contribution in [0.15, 0.2) is 18.2 Å². The van der Waals surface area contributed by atoms with Gasteiger partial charge in [-0.25, -0.2) is 0 Å². The van der Waals surface area contributed by atoms with Crippen molar-refractivity contribution < 1.29 is 19.9 Å². The molecule has 0 radical (unpaired) electrons. The summed E-state index contributed by atoms with van der Waals surface area (Å²) in [7, 11) is 0. The van der Waals surface area contributed by atoms with E-state index >= 15 is 0 Å². The minimum Gasteiger partial charge on any atom is -0.493 e. The molecule has 0 heterocycles. The number of aliphatic hydroxyl groups is 2. The fraction of sp³-hybridized carbons (Fsp3) is 0.500. The van der Waals surface area contributed by atoms with E-state index in [0.717, 1.165) is 0 Å². The smallest absolute Gasteiger partial charge is 0.270 e. The number of non-ortho nitro benzene ring substituents is 1. The summed E-state index contributed by atoms with van der Waals surface area (Å²) in [4.78, 5) is 10.1. The zero-order valence-electron chi connectivity index (χ0n) is 10.2. The lowest BCUT2D eigenvalue weighted by Gasteiger charge is -2.13. The molecule has 0 aliphatic rings. The highest BCUT2D eigenvalue weighted by Gasteiger charge is 2.15. The fourth-order valence-electron chi connectivity index (χ4n) is 1.50. The van der Waals surface area contributed by atoms with Gasteiger partial charge in [0.05, 0.1) is 17.6 Å². The third-order valence-electron chi connectivity index (χ3n) is 2.46. The van der Waals surface area contributed by atoms with E-state index in [2.05, 4.69) is 0 Å². The summed E-state index contributed by atoms with van der Waals surface area (Å²) >= 11 is 0. The van der Waals surface area contributed by atoms with E-state index in [1.54, 1.807) is 0 Å². The molecule has 1 aromatic rings. The Bertz CT molecular complexity index is 405. The maximum atomic E-state index is 10.6. The number of nitro benzene ring substituents is 1. The fourth-order valence-corrected chi connectivity index (χ4v) is 1.50. The van der Waals surface area contributed by atoms with Gasteiger partial charge < -0.3 is 14.9 Å². The van der Waals surface area contributed by atoms with Crippen LogP contribution in [0.1, 0.15) is 31.4 Å². The topological polar surface area (TPSA) is 92.8 Å². The second-order valence-corrected chi connectivity index (χ2v) is 3.93. The molecule has 0 saturated carbocycles. The largest absolute Gasteiger partial charge is 0.493 e. The Labute approximate surface area is 105 Å². The molecule has 1 rings (SSSR count). The Balaban J connectivity index is 2.80. The van der Waals surface area contributed by atoms with Crippen molar-refractivity contribution in [3.63, 3.8) is 0 Å². The molecule has 0 spiro atoms. The number of nitrogens with zero attached hydrogens (tertiary/aromatic N) is 1. The van der Waals surface area contributed by atoms with E-state index in [1.165, 1.54) is 25.1 Å². The summed E-state index contributed by atoms with van der Waals surface area (Å²) in [5, 5.41) is 28.8. The Hall–Kier alpha value is -1.66. The molecule has 0 aliphatic carbocycles. The molecular weight excluding hydrogens is 238 g/mol. The Kier molecular flexibility index (Phi) is 5.54. The van der Waals surface area contributed by atoms with Crippen LogP contribution in [-0.4, -0.2) is 28.4 Å². The van der Waals surface area contributed by atoms with Crippen LogP contribution in [0, 0.1) is 10.1 Å². The average Bonchev–Trinajstić information content (AvgIpc) is 2.34. The summed E-state index contributed by atoms with van der Waals surface area (Å²) in [6.45, 7) is 2.03. The number of benzene rings is 1. The van der Waals surface area contributed by atoms with E-state index in [0.29, 0.717) is 30.8 Å². The first kappa shape index (κ1) is 14.4. The summed E-state index contributed by atoms with van der Waals surface area (Å²) in [5.41, 5.74) is 0.321. The first-order valence-corrected chi connectivity index (χ1v) is 5.76. The van der Waals surface area contributed by atoms with Gasteiger partial charge >= 0.3 is 0 Å². The van der Waals surface area contributed by atoms with Crippen molar-refractivity contribution in [1.29, 1.82) is 0 Å². The average molecular weight is 255 g/mol. The molecule has 6 nitrogen and oxygen atoms in total. The van der Waals surface area contributed by atoms with Crippen molar-refractivity contribution in [1.82, 2.24) is 0 Å². The minimum absolute atomic E-state index is 0.0754. The van der Waals surface area contributed by atoms with Gasteiger partial charge in [-0.05, 0) is 25.8 Å². The third kappa shape index (κ3) is 3.97. The molecule has 0 bridgehead atoms. The maximum absolute atomic E-state index is 10.6. The Morgan fingerprint density at radius 2 is 2.17 bits per heavy atom. The number of hydrogen-bond donors (Lipinski definition) is 2. The second kappa shape index (κ2) is 6.93. The lowest BCUT2D eigenvalue weighted by atomic mass is 10.1. The quantitative estimate of drug-likeness (QED) is 0.440. The predicted octanol–water partition coefficient (Wildman–Crippen LogP) is 1.80. The predicted molar refractivity (Wildman–Crippen MR) is 65.5 cm³/mol. The highest BCUT2D eigenvalue weighted by Crippen LogP contribution is 2.29. The molecule has 6 heteroatoms. The number of unbranched alkanes of at least 4 members (excludes halogenated alkanes) is 1. The van der Waals surface area contributed by atoms with Crippen molar-refractivity contribution in [3.8, 4) is 5.75 Å². The van der Waals surface area contributed by atoms with Gasteiger partial charge in [0, 0.05) is 24.3 Å². The van der Waals surface area contributed by atoms with E-state index in [9.17, 15) is 15.2 Å². The van der Waals surface area contributed by atoms with Crippen LogP contribution in [0.3, 0.4) is 0 Å². The van der Waals surface area contributed by atoms with E-state index in [1.807, 2.05) is 0 Å². The van der Waals surface area contributed by atoms with Gasteiger partial charge in [0.15, 0.2) is 0 Å². The molecule has 0 aliphatic heterocycles. The van der Waals surface area contributed by atoms with Crippen molar-refractivity contribution in [3.05, 3.63) is 33.9 Å². The zero-order valence-corrected chi connectivity index (χ0v) is 10.2. The molecule has 0 aromatic heterocycles. The third-order valence-corrected chi connectivity index (χ3v) is 2.46. The molecule has 18 heavy (non-hydrogen) atoms.